The Morgan fingerprint density at radius 3 is 1.67 bits per heavy atom. The van der Waals surface area contributed by atoms with Gasteiger partial charge in [0, 0.05) is 59.3 Å². The van der Waals surface area contributed by atoms with Gasteiger partial charge in [-0.25, -0.2) is 0 Å². The first-order valence-electron chi connectivity index (χ1n) is 19.0. The number of esters is 8. The second kappa shape index (κ2) is 17.2. The number of aliphatic hydroxyl groups is 1. The normalized spacial score (nSPS) is 35.0. The van der Waals surface area contributed by atoms with Crippen LogP contribution in [0, 0.1) is 23.2 Å². The van der Waals surface area contributed by atoms with Crippen molar-refractivity contribution in [1.29, 1.82) is 0 Å². The summed E-state index contributed by atoms with van der Waals surface area (Å²) in [5.74, 6) is -13.3. The van der Waals surface area contributed by atoms with Crippen LogP contribution in [0.5, 0.6) is 0 Å². The Balaban J connectivity index is 2.84. The minimum atomic E-state index is -2.79. The van der Waals surface area contributed by atoms with Crippen molar-refractivity contribution in [2.75, 3.05) is 0 Å². The predicted molar refractivity (Wildman–Crippen MR) is 195 cm³/mol. The van der Waals surface area contributed by atoms with E-state index in [0.717, 1.165) is 47.6 Å². The van der Waals surface area contributed by atoms with Gasteiger partial charge in [0.1, 0.15) is 5.60 Å². The number of fused-ring (bicyclic) bond motifs is 3. The summed E-state index contributed by atoms with van der Waals surface area (Å²) in [5.41, 5.74) is -11.8. The Hall–Kier alpha value is -4.87. The molecule has 0 aromatic rings. The number of carbonyl (C=O) groups excluding carboxylic acids is 9. The number of carbonyl (C=O) groups is 9. The van der Waals surface area contributed by atoms with E-state index >= 15 is 4.79 Å². The lowest BCUT2D eigenvalue weighted by Crippen LogP contribution is -2.72. The number of rotatable bonds is 9. The van der Waals surface area contributed by atoms with E-state index in [-0.39, 0.29) is 0 Å². The van der Waals surface area contributed by atoms with Gasteiger partial charge in [0.15, 0.2) is 47.3 Å². The second-order valence-electron chi connectivity index (χ2n) is 16.8. The van der Waals surface area contributed by atoms with Gasteiger partial charge in [-0.05, 0) is 19.9 Å². The molecule has 18 heteroatoms. The van der Waals surface area contributed by atoms with Crippen LogP contribution in [0.3, 0.4) is 0 Å². The van der Waals surface area contributed by atoms with Gasteiger partial charge in [0.2, 0.25) is 5.78 Å². The van der Waals surface area contributed by atoms with Crippen LogP contribution in [0.4, 0.5) is 0 Å². The quantitative estimate of drug-likeness (QED) is 0.199. The molecule has 18 nitrogen and oxygen atoms in total. The summed E-state index contributed by atoms with van der Waals surface area (Å²) >= 11 is 0. The van der Waals surface area contributed by atoms with Crippen molar-refractivity contribution in [2.24, 2.45) is 23.2 Å². The average Bonchev–Trinajstić information content (AvgIpc) is 3.29. The molecule has 10 atom stereocenters. The molecule has 1 aliphatic heterocycles. The molecular weight excluding hydrogens is 768 g/mol. The second-order valence-corrected chi connectivity index (χ2v) is 16.8. The fourth-order valence-electron chi connectivity index (χ4n) is 8.08. The largest absolute Gasteiger partial charge is 0.458 e. The first-order valence-corrected chi connectivity index (χ1v) is 19.0. The highest BCUT2D eigenvalue weighted by atomic mass is 16.7. The lowest BCUT2D eigenvalue weighted by Gasteiger charge is -2.54. The van der Waals surface area contributed by atoms with Crippen molar-refractivity contribution in [3.05, 3.63) is 12.2 Å². The summed E-state index contributed by atoms with van der Waals surface area (Å²) in [7, 11) is 0. The molecule has 0 unspecified atom stereocenters. The van der Waals surface area contributed by atoms with Gasteiger partial charge in [-0.1, -0.05) is 47.6 Å². The Kier molecular flexibility index (Phi) is 14.1. The van der Waals surface area contributed by atoms with Crippen LogP contribution in [0.25, 0.3) is 0 Å². The Bertz CT molecular complexity index is 1720. The van der Waals surface area contributed by atoms with Crippen LogP contribution in [-0.2, 0) is 81.0 Å². The Labute approximate surface area is 336 Å². The van der Waals surface area contributed by atoms with Crippen LogP contribution < -0.4 is 0 Å². The van der Waals surface area contributed by atoms with Crippen LogP contribution in [0.2, 0.25) is 0 Å². The van der Waals surface area contributed by atoms with Gasteiger partial charge in [0.25, 0.3) is 0 Å². The molecule has 1 saturated carbocycles. The van der Waals surface area contributed by atoms with Crippen molar-refractivity contribution >= 4 is 53.5 Å². The standard InChI is InChI=1S/C40H56O18/c1-19(2)33(47)55-32-28(51-21(5)41)31(53-23(7)43)36(10,11)16-17-37(12,50)35(49)40(57-25(9)45)18-38(13,56-24(8)44)29(52-22(6)42)27(40)30-39(32,15-14-26(46)54-30)58-34(48)20(3)4/h16-17,19-20,27-32,50H,14-15,18H2,1-13H3/b17-16+/t27-,28+,29-,30-,31-,32-,37-,38-,39+,40-/m1/s1. The van der Waals surface area contributed by atoms with E-state index in [1.54, 1.807) is 0 Å². The molecular formula is C40H56O18. The first-order chi connectivity index (χ1) is 26.5. The molecule has 324 valence electrons. The monoisotopic (exact) mass is 824 g/mol. The molecule has 3 rings (SSSR count). The third-order valence-electron chi connectivity index (χ3n) is 10.4. The molecule has 0 amide bonds. The Morgan fingerprint density at radius 1 is 0.672 bits per heavy atom. The maximum absolute atomic E-state index is 15.3. The molecule has 2 aliphatic carbocycles. The Morgan fingerprint density at radius 2 is 1.19 bits per heavy atom. The molecule has 0 bridgehead atoms. The summed E-state index contributed by atoms with van der Waals surface area (Å²) in [6, 6.07) is 0. The predicted octanol–water partition coefficient (Wildman–Crippen LogP) is 2.55. The molecule has 2 fully saturated rings. The molecule has 1 N–H and O–H groups in total. The molecule has 58 heavy (non-hydrogen) atoms. The molecule has 1 heterocycles. The zero-order chi connectivity index (χ0) is 44.5. The van der Waals surface area contributed by atoms with Gasteiger partial charge >= 0.3 is 47.8 Å². The van der Waals surface area contributed by atoms with Gasteiger partial charge in [-0.3, -0.25) is 43.2 Å². The van der Waals surface area contributed by atoms with Crippen molar-refractivity contribution in [3.8, 4) is 0 Å². The lowest BCUT2D eigenvalue weighted by molar-refractivity contribution is -0.274. The highest BCUT2D eigenvalue weighted by molar-refractivity contribution is 5.98. The molecule has 1 saturated heterocycles. The molecule has 0 spiro atoms. The molecule has 3 aliphatic rings. The van der Waals surface area contributed by atoms with Crippen molar-refractivity contribution in [1.82, 2.24) is 0 Å². The van der Waals surface area contributed by atoms with Crippen molar-refractivity contribution < 1.29 is 86.2 Å². The smallest absolute Gasteiger partial charge is 0.309 e. The number of hydrogen-bond donors (Lipinski definition) is 1. The van der Waals surface area contributed by atoms with Crippen LogP contribution >= 0.6 is 0 Å². The van der Waals surface area contributed by atoms with Gasteiger partial charge in [-0.2, -0.15) is 0 Å². The highest BCUT2D eigenvalue weighted by Gasteiger charge is 2.77. The van der Waals surface area contributed by atoms with Crippen molar-refractivity contribution in [2.45, 2.75) is 162 Å². The number of ether oxygens (including phenoxy) is 8. The fourth-order valence-corrected chi connectivity index (χ4v) is 8.08. The summed E-state index contributed by atoms with van der Waals surface area (Å²) in [4.78, 5) is 122. The minimum Gasteiger partial charge on any atom is -0.458 e. The van der Waals surface area contributed by atoms with Crippen molar-refractivity contribution in [3.63, 3.8) is 0 Å². The zero-order valence-corrected chi connectivity index (χ0v) is 35.3. The maximum atomic E-state index is 15.3. The number of hydrogen-bond acceptors (Lipinski definition) is 18. The SMILES string of the molecule is CC(=O)O[C@H]1[C@@H](OC(C)=O)C(C)(C)/C=C/[C@@](C)(O)C(=O)[C@@]2(OC(C)=O)C[C@@](C)(OC(C)=O)[C@H](OC(C)=O)[C@@H]2[C@H]2OC(=O)CC[C@@]2(OC(=O)C(C)C)[C@@H]1OC(=O)C(C)C. The average molecular weight is 825 g/mol. The number of Topliss-reactive ketones (excluding diaryl/α,β-unsaturated/α-hetero) is 1. The fraction of sp³-hybridized carbons (Fsp3) is 0.725. The van der Waals surface area contributed by atoms with E-state index in [0.29, 0.717) is 0 Å². The summed E-state index contributed by atoms with van der Waals surface area (Å²) < 4.78 is 47.9. The topological polar surface area (TPSA) is 248 Å². The summed E-state index contributed by atoms with van der Waals surface area (Å²) in [6.07, 6.45) is -9.66. The highest BCUT2D eigenvalue weighted by Crippen LogP contribution is 2.57. The lowest BCUT2D eigenvalue weighted by atomic mass is 9.65. The summed E-state index contributed by atoms with van der Waals surface area (Å²) in [5, 5.41) is 12.1. The van der Waals surface area contributed by atoms with Gasteiger partial charge in [-0.15, -0.1) is 0 Å². The first kappa shape index (κ1) is 47.5. The van der Waals surface area contributed by atoms with E-state index in [1.165, 1.54) is 54.5 Å². The molecule has 0 radical (unpaired) electrons. The maximum Gasteiger partial charge on any atom is 0.309 e. The van der Waals surface area contributed by atoms with Crippen LogP contribution in [-0.4, -0.2) is 112 Å². The number of ketones is 1. The van der Waals surface area contributed by atoms with Crippen LogP contribution in [0.1, 0.15) is 109 Å². The van der Waals surface area contributed by atoms with Crippen LogP contribution in [0.15, 0.2) is 12.2 Å². The van der Waals surface area contributed by atoms with Gasteiger partial charge in [0.05, 0.1) is 17.8 Å². The minimum absolute atomic E-state index is 0.579. The van der Waals surface area contributed by atoms with E-state index < -0.39 is 149 Å². The van der Waals surface area contributed by atoms with E-state index in [1.807, 2.05) is 0 Å². The van der Waals surface area contributed by atoms with E-state index in [4.69, 9.17) is 37.9 Å². The third kappa shape index (κ3) is 9.69. The zero-order valence-electron chi connectivity index (χ0n) is 35.3. The summed E-state index contributed by atoms with van der Waals surface area (Å²) in [6.45, 7) is 16.0. The molecule has 0 aromatic heterocycles. The van der Waals surface area contributed by atoms with E-state index in [9.17, 15) is 43.5 Å². The van der Waals surface area contributed by atoms with Gasteiger partial charge < -0.3 is 43.0 Å². The molecule has 0 aromatic carbocycles. The van der Waals surface area contributed by atoms with E-state index in [2.05, 4.69) is 0 Å². The third-order valence-corrected chi connectivity index (χ3v) is 10.4.